The molecule has 0 bridgehead atoms. The van der Waals surface area contributed by atoms with Gasteiger partial charge in [-0.25, -0.2) is 4.79 Å². The van der Waals surface area contributed by atoms with E-state index in [9.17, 15) is 19.7 Å². The maximum Gasteiger partial charge on any atom is 0.338 e. The molecule has 0 heterocycles. The number of esters is 1. The maximum absolute atomic E-state index is 11.8. The summed E-state index contributed by atoms with van der Waals surface area (Å²) in [6, 6.07) is 12.0. The minimum atomic E-state index is -0.807. The fourth-order valence-corrected chi connectivity index (χ4v) is 2.12. The van der Waals surface area contributed by atoms with Crippen molar-refractivity contribution < 1.29 is 19.2 Å². The number of amides is 1. The normalized spacial score (nSPS) is 9.96. The average Bonchev–Trinajstić information content (AvgIpc) is 2.52. The molecule has 0 unspecified atom stereocenters. The molecule has 0 radical (unpaired) electrons. The van der Waals surface area contributed by atoms with Crippen LogP contribution >= 0.6 is 15.9 Å². The Hall–Kier alpha value is -2.74. The molecule has 2 aromatic rings. The van der Waals surface area contributed by atoms with Gasteiger partial charge < -0.3 is 10.1 Å². The molecule has 0 fully saturated rings. The molecule has 2 aromatic carbocycles. The molecule has 0 saturated carbocycles. The molecule has 1 amide bonds. The number of ether oxygens (including phenoxy) is 1. The van der Waals surface area contributed by atoms with Crippen molar-refractivity contribution in [1.29, 1.82) is 0 Å². The Balaban J connectivity index is 1.92. The number of rotatable bonds is 5. The minimum absolute atomic E-state index is 0.00876. The molecule has 0 aliphatic heterocycles. The lowest BCUT2D eigenvalue weighted by Gasteiger charge is -2.07. The highest BCUT2D eigenvalue weighted by molar-refractivity contribution is 9.10. The van der Waals surface area contributed by atoms with E-state index in [-0.39, 0.29) is 11.3 Å². The zero-order valence-corrected chi connectivity index (χ0v) is 13.3. The smallest absolute Gasteiger partial charge is 0.338 e. The lowest BCUT2D eigenvalue weighted by atomic mass is 10.2. The van der Waals surface area contributed by atoms with Gasteiger partial charge in [-0.3, -0.25) is 14.9 Å². The summed E-state index contributed by atoms with van der Waals surface area (Å²) in [4.78, 5) is 33.6. The van der Waals surface area contributed by atoms with E-state index in [4.69, 9.17) is 4.74 Å². The number of carbonyl (C=O) groups excluding carboxylic acids is 2. The van der Waals surface area contributed by atoms with Crippen molar-refractivity contribution in [3.8, 4) is 0 Å². The summed E-state index contributed by atoms with van der Waals surface area (Å²) in [5.41, 5.74) is 0.336. The molecule has 0 aromatic heterocycles. The molecule has 118 valence electrons. The van der Waals surface area contributed by atoms with Gasteiger partial charge in [0.1, 0.15) is 0 Å². The van der Waals surface area contributed by atoms with Gasteiger partial charge in [-0.05, 0) is 24.3 Å². The Morgan fingerprint density at radius 2 is 1.91 bits per heavy atom. The summed E-state index contributed by atoms with van der Waals surface area (Å²) < 4.78 is 5.64. The number of nitrogens with one attached hydrogen (secondary N) is 1. The number of benzene rings is 2. The van der Waals surface area contributed by atoms with Gasteiger partial charge in [0, 0.05) is 22.3 Å². The van der Waals surface area contributed by atoms with E-state index in [1.54, 1.807) is 24.3 Å². The third kappa shape index (κ3) is 4.89. The number of nitro groups is 1. The van der Waals surface area contributed by atoms with Gasteiger partial charge in [0.15, 0.2) is 6.61 Å². The molecule has 0 aliphatic rings. The number of non-ortho nitro benzene ring substituents is 1. The van der Waals surface area contributed by atoms with E-state index in [0.717, 1.165) is 10.5 Å². The molecular weight excluding hydrogens is 368 g/mol. The van der Waals surface area contributed by atoms with Crippen LogP contribution in [0.2, 0.25) is 0 Å². The van der Waals surface area contributed by atoms with Gasteiger partial charge in [-0.15, -0.1) is 0 Å². The molecule has 7 nitrogen and oxygen atoms in total. The summed E-state index contributed by atoms with van der Waals surface area (Å²) >= 11 is 3.27. The van der Waals surface area contributed by atoms with Crippen LogP contribution in [-0.4, -0.2) is 23.4 Å². The fourth-order valence-electron chi connectivity index (χ4n) is 1.72. The van der Waals surface area contributed by atoms with E-state index in [2.05, 4.69) is 21.2 Å². The van der Waals surface area contributed by atoms with Gasteiger partial charge in [-0.1, -0.05) is 28.1 Å². The quantitative estimate of drug-likeness (QED) is 0.489. The number of anilines is 1. The highest BCUT2D eigenvalue weighted by Gasteiger charge is 2.14. The van der Waals surface area contributed by atoms with Gasteiger partial charge in [0.25, 0.3) is 11.6 Å². The second kappa shape index (κ2) is 7.50. The van der Waals surface area contributed by atoms with Crippen LogP contribution in [-0.2, 0) is 9.53 Å². The lowest BCUT2D eigenvalue weighted by Crippen LogP contribution is -2.20. The van der Waals surface area contributed by atoms with Crippen molar-refractivity contribution in [2.45, 2.75) is 0 Å². The Labute approximate surface area is 139 Å². The number of hydrogen-bond acceptors (Lipinski definition) is 5. The maximum atomic E-state index is 11.8. The van der Waals surface area contributed by atoms with Crippen molar-refractivity contribution in [3.05, 3.63) is 68.7 Å². The van der Waals surface area contributed by atoms with Crippen LogP contribution in [0.15, 0.2) is 53.0 Å². The Morgan fingerprint density at radius 3 is 2.61 bits per heavy atom. The zero-order valence-electron chi connectivity index (χ0n) is 11.7. The summed E-state index contributed by atoms with van der Waals surface area (Å²) in [7, 11) is 0. The van der Waals surface area contributed by atoms with Crippen molar-refractivity contribution in [2.24, 2.45) is 0 Å². The summed E-state index contributed by atoms with van der Waals surface area (Å²) in [6.45, 7) is -0.492. The Bertz CT molecular complexity index is 763. The Morgan fingerprint density at radius 1 is 1.17 bits per heavy atom. The molecule has 1 N–H and O–H groups in total. The molecule has 8 heteroatoms. The molecule has 23 heavy (non-hydrogen) atoms. The van der Waals surface area contributed by atoms with Crippen LogP contribution in [0.5, 0.6) is 0 Å². The first kappa shape index (κ1) is 16.6. The SMILES string of the molecule is O=C(COC(=O)c1cccc([N+](=O)[O-])c1)Nc1cccc(Br)c1. The van der Waals surface area contributed by atoms with Crippen LogP contribution in [0.25, 0.3) is 0 Å². The monoisotopic (exact) mass is 378 g/mol. The largest absolute Gasteiger partial charge is 0.452 e. The first-order valence-corrected chi connectivity index (χ1v) is 7.22. The number of nitrogens with zero attached hydrogens (tertiary/aromatic N) is 1. The van der Waals surface area contributed by atoms with Gasteiger partial charge in [-0.2, -0.15) is 0 Å². The number of nitro benzene ring substituents is 1. The van der Waals surface area contributed by atoms with Crippen molar-refractivity contribution >= 4 is 39.2 Å². The van der Waals surface area contributed by atoms with Gasteiger partial charge >= 0.3 is 5.97 Å². The van der Waals surface area contributed by atoms with Crippen molar-refractivity contribution in [2.75, 3.05) is 11.9 Å². The topological polar surface area (TPSA) is 98.5 Å². The third-order valence-corrected chi connectivity index (χ3v) is 3.23. The van der Waals surface area contributed by atoms with E-state index in [0.29, 0.717) is 5.69 Å². The standard InChI is InChI=1S/C15H11BrN2O5/c16-11-4-2-5-12(8-11)17-14(19)9-23-15(20)10-3-1-6-13(7-10)18(21)22/h1-8H,9H2,(H,17,19). The van der Waals surface area contributed by atoms with Gasteiger partial charge in [0.05, 0.1) is 10.5 Å². The first-order valence-electron chi connectivity index (χ1n) is 6.43. The minimum Gasteiger partial charge on any atom is -0.452 e. The number of carbonyl (C=O) groups is 2. The van der Waals surface area contributed by atoms with E-state index < -0.39 is 23.4 Å². The van der Waals surface area contributed by atoms with Crippen LogP contribution in [0.1, 0.15) is 10.4 Å². The molecule has 0 spiro atoms. The summed E-state index contributed by atoms with van der Waals surface area (Å²) in [6.07, 6.45) is 0. The predicted molar refractivity (Wildman–Crippen MR) is 86.2 cm³/mol. The lowest BCUT2D eigenvalue weighted by molar-refractivity contribution is -0.384. The highest BCUT2D eigenvalue weighted by Crippen LogP contribution is 2.16. The van der Waals surface area contributed by atoms with Crippen molar-refractivity contribution in [1.82, 2.24) is 0 Å². The molecular formula is C15H11BrN2O5. The van der Waals surface area contributed by atoms with Crippen LogP contribution < -0.4 is 5.32 Å². The summed E-state index contributed by atoms with van der Waals surface area (Å²) in [5.74, 6) is -1.32. The fraction of sp³-hybridized carbons (Fsp3) is 0.0667. The molecule has 0 atom stereocenters. The predicted octanol–water partition coefficient (Wildman–Crippen LogP) is 3.15. The van der Waals surface area contributed by atoms with E-state index >= 15 is 0 Å². The van der Waals surface area contributed by atoms with Crippen LogP contribution in [0.4, 0.5) is 11.4 Å². The molecule has 2 rings (SSSR count). The average molecular weight is 379 g/mol. The second-order valence-corrected chi connectivity index (χ2v) is 5.36. The molecule has 0 saturated heterocycles. The second-order valence-electron chi connectivity index (χ2n) is 4.44. The summed E-state index contributed by atoms with van der Waals surface area (Å²) in [5, 5.41) is 13.2. The zero-order chi connectivity index (χ0) is 16.8. The first-order chi connectivity index (χ1) is 11.0. The van der Waals surface area contributed by atoms with Crippen LogP contribution in [0.3, 0.4) is 0 Å². The third-order valence-electron chi connectivity index (χ3n) is 2.74. The van der Waals surface area contributed by atoms with Crippen molar-refractivity contribution in [3.63, 3.8) is 0 Å². The van der Waals surface area contributed by atoms with E-state index in [1.165, 1.54) is 18.2 Å². The molecule has 0 aliphatic carbocycles. The highest BCUT2D eigenvalue weighted by atomic mass is 79.9. The number of hydrogen-bond donors (Lipinski definition) is 1. The Kier molecular flexibility index (Phi) is 5.42. The van der Waals surface area contributed by atoms with Crippen LogP contribution in [0, 0.1) is 10.1 Å². The number of halogens is 1. The van der Waals surface area contributed by atoms with E-state index in [1.807, 2.05) is 0 Å². The van der Waals surface area contributed by atoms with Gasteiger partial charge in [0.2, 0.25) is 0 Å².